The van der Waals surface area contributed by atoms with Gasteiger partial charge in [-0.2, -0.15) is 0 Å². The first-order valence-corrected chi connectivity index (χ1v) is 8.14. The fourth-order valence-corrected chi connectivity index (χ4v) is 2.94. The number of benzene rings is 1. The first-order valence-electron chi connectivity index (χ1n) is 8.14. The van der Waals surface area contributed by atoms with Crippen LogP contribution >= 0.6 is 0 Å². The number of aromatic nitrogens is 3. The molecule has 3 heterocycles. The number of rotatable bonds is 3. The van der Waals surface area contributed by atoms with Crippen LogP contribution in [0.4, 0.5) is 5.69 Å². The summed E-state index contributed by atoms with van der Waals surface area (Å²) in [5.74, 6) is -0.357. The monoisotopic (exact) mass is 344 g/mol. The fourth-order valence-electron chi connectivity index (χ4n) is 2.94. The van der Waals surface area contributed by atoms with Crippen LogP contribution in [0.1, 0.15) is 10.5 Å². The van der Waals surface area contributed by atoms with Crippen molar-refractivity contribution in [3.8, 4) is 11.3 Å². The molecule has 4 rings (SSSR count). The van der Waals surface area contributed by atoms with Crippen LogP contribution in [-0.2, 0) is 7.05 Å². The highest BCUT2D eigenvalue weighted by atomic mass is 16.2. The molecule has 3 aromatic heterocycles. The smallest absolute Gasteiger partial charge is 0.281 e. The minimum Gasteiger partial charge on any atom is -0.340 e. The minimum atomic E-state index is -0.357. The van der Waals surface area contributed by atoms with E-state index in [1.807, 2.05) is 43.4 Å². The molecule has 0 saturated carbocycles. The highest BCUT2D eigenvalue weighted by Crippen LogP contribution is 2.21. The molecule has 1 aromatic carbocycles. The van der Waals surface area contributed by atoms with E-state index in [1.165, 1.54) is 10.6 Å². The van der Waals surface area contributed by atoms with Crippen molar-refractivity contribution in [2.75, 3.05) is 5.32 Å². The number of carbonyl (C=O) groups excluding carboxylic acids is 1. The summed E-state index contributed by atoms with van der Waals surface area (Å²) in [6.07, 6.45) is 3.01. The van der Waals surface area contributed by atoms with Crippen molar-refractivity contribution >= 4 is 17.2 Å². The van der Waals surface area contributed by atoms with Crippen LogP contribution < -0.4 is 10.9 Å². The van der Waals surface area contributed by atoms with Gasteiger partial charge in [-0.1, -0.05) is 36.4 Å². The zero-order valence-electron chi connectivity index (χ0n) is 14.1. The molecule has 0 aliphatic rings. The van der Waals surface area contributed by atoms with Crippen LogP contribution in [-0.4, -0.2) is 19.9 Å². The average molecular weight is 344 g/mol. The van der Waals surface area contributed by atoms with Crippen molar-refractivity contribution in [3.63, 3.8) is 0 Å². The molecule has 4 aromatic rings. The lowest BCUT2D eigenvalue weighted by Gasteiger charge is -2.09. The van der Waals surface area contributed by atoms with Gasteiger partial charge in [0, 0.05) is 18.9 Å². The first kappa shape index (κ1) is 15.8. The number of hydrogen-bond donors (Lipinski definition) is 1. The van der Waals surface area contributed by atoms with Crippen molar-refractivity contribution in [2.24, 2.45) is 7.05 Å². The molecule has 0 aliphatic heterocycles. The Labute approximate surface area is 149 Å². The van der Waals surface area contributed by atoms with Crippen LogP contribution in [0, 0.1) is 0 Å². The highest BCUT2D eigenvalue weighted by molar-refractivity contribution is 6.03. The van der Waals surface area contributed by atoms with Gasteiger partial charge in [0.1, 0.15) is 17.0 Å². The third-order valence-electron chi connectivity index (χ3n) is 4.29. The predicted molar refractivity (Wildman–Crippen MR) is 100 cm³/mol. The molecule has 0 spiro atoms. The van der Waals surface area contributed by atoms with Gasteiger partial charge in [-0.15, -0.1) is 0 Å². The van der Waals surface area contributed by atoms with Gasteiger partial charge in [0.15, 0.2) is 0 Å². The summed E-state index contributed by atoms with van der Waals surface area (Å²) in [5, 5.41) is 2.67. The van der Waals surface area contributed by atoms with Gasteiger partial charge < -0.3 is 9.88 Å². The Balaban J connectivity index is 1.67. The number of carbonyl (C=O) groups is 1. The molecule has 0 aliphatic carbocycles. The topological polar surface area (TPSA) is 68.4 Å². The van der Waals surface area contributed by atoms with Gasteiger partial charge in [0.25, 0.3) is 11.5 Å². The summed E-state index contributed by atoms with van der Waals surface area (Å²) in [6, 6.07) is 18.7. The second-order valence-corrected chi connectivity index (χ2v) is 5.89. The molecule has 0 radical (unpaired) electrons. The van der Waals surface area contributed by atoms with Gasteiger partial charge in [0.05, 0.1) is 6.20 Å². The van der Waals surface area contributed by atoms with Gasteiger partial charge >= 0.3 is 0 Å². The van der Waals surface area contributed by atoms with E-state index in [9.17, 15) is 9.59 Å². The summed E-state index contributed by atoms with van der Waals surface area (Å²) >= 11 is 0. The molecule has 1 amide bonds. The molecule has 0 bridgehead atoms. The molecular weight excluding hydrogens is 328 g/mol. The number of hydrogen-bond acceptors (Lipinski definition) is 3. The van der Waals surface area contributed by atoms with Crippen LogP contribution in [0.5, 0.6) is 0 Å². The van der Waals surface area contributed by atoms with Crippen LogP contribution in [0.25, 0.3) is 16.9 Å². The first-order chi connectivity index (χ1) is 12.6. The zero-order valence-corrected chi connectivity index (χ0v) is 14.1. The molecule has 1 N–H and O–H groups in total. The Kier molecular flexibility index (Phi) is 3.85. The maximum atomic E-state index is 12.7. The van der Waals surface area contributed by atoms with Gasteiger partial charge in [-0.3, -0.25) is 14.0 Å². The standard InChI is InChI=1S/C20H16N4O2/c1-23-16(14-7-3-2-4-8-14)10-11-17(23)19(25)22-15-13-21-18-9-5-6-12-24(18)20(15)26/h2-13H,1H3,(H,22,25). The second-order valence-electron chi connectivity index (χ2n) is 5.89. The molecule has 0 unspecified atom stereocenters. The predicted octanol–water partition coefficient (Wildman–Crippen LogP) is 2.95. The Morgan fingerprint density at radius 2 is 1.77 bits per heavy atom. The molecule has 0 saturated heterocycles. The van der Waals surface area contributed by atoms with Crippen molar-refractivity contribution in [2.45, 2.75) is 0 Å². The molecule has 0 atom stereocenters. The molecule has 6 heteroatoms. The van der Waals surface area contributed by atoms with Gasteiger partial charge in [-0.05, 0) is 29.8 Å². The van der Waals surface area contributed by atoms with Crippen molar-refractivity contribution in [3.05, 3.63) is 89.1 Å². The third kappa shape index (κ3) is 2.67. The molecule has 128 valence electrons. The maximum absolute atomic E-state index is 12.7. The number of nitrogens with zero attached hydrogens (tertiary/aromatic N) is 3. The lowest BCUT2D eigenvalue weighted by molar-refractivity contribution is 0.101. The lowest BCUT2D eigenvalue weighted by Crippen LogP contribution is -2.24. The number of amides is 1. The summed E-state index contributed by atoms with van der Waals surface area (Å²) in [5.41, 5.74) is 2.75. The third-order valence-corrected chi connectivity index (χ3v) is 4.29. The summed E-state index contributed by atoms with van der Waals surface area (Å²) < 4.78 is 3.20. The van der Waals surface area contributed by atoms with Crippen LogP contribution in [0.3, 0.4) is 0 Å². The van der Waals surface area contributed by atoms with Gasteiger partial charge in [0.2, 0.25) is 0 Å². The van der Waals surface area contributed by atoms with E-state index in [-0.39, 0.29) is 17.2 Å². The SMILES string of the molecule is Cn1c(C(=O)Nc2cnc3ccccn3c2=O)ccc1-c1ccccc1. The summed E-state index contributed by atoms with van der Waals surface area (Å²) in [7, 11) is 1.82. The zero-order chi connectivity index (χ0) is 18.1. The van der Waals surface area contributed by atoms with E-state index in [0.29, 0.717) is 11.3 Å². The van der Waals surface area contributed by atoms with E-state index < -0.39 is 0 Å². The summed E-state index contributed by atoms with van der Waals surface area (Å²) in [6.45, 7) is 0. The van der Waals surface area contributed by atoms with Crippen molar-refractivity contribution in [1.29, 1.82) is 0 Å². The molecule has 6 nitrogen and oxygen atoms in total. The number of pyridine rings is 1. The van der Waals surface area contributed by atoms with Crippen LogP contribution in [0.15, 0.2) is 77.9 Å². The van der Waals surface area contributed by atoms with Crippen molar-refractivity contribution in [1.82, 2.24) is 14.0 Å². The number of fused-ring (bicyclic) bond motifs is 1. The highest BCUT2D eigenvalue weighted by Gasteiger charge is 2.15. The van der Waals surface area contributed by atoms with E-state index in [2.05, 4.69) is 10.3 Å². The Bertz CT molecular complexity index is 1160. The van der Waals surface area contributed by atoms with E-state index in [1.54, 1.807) is 35.0 Å². The lowest BCUT2D eigenvalue weighted by atomic mass is 10.2. The Hall–Kier alpha value is -3.67. The fraction of sp³-hybridized carbons (Fsp3) is 0.0500. The van der Waals surface area contributed by atoms with E-state index in [0.717, 1.165) is 11.3 Å². The van der Waals surface area contributed by atoms with Gasteiger partial charge in [-0.25, -0.2) is 4.98 Å². The average Bonchev–Trinajstić information content (AvgIpc) is 3.06. The Morgan fingerprint density at radius 3 is 2.58 bits per heavy atom. The normalized spacial score (nSPS) is 10.8. The van der Waals surface area contributed by atoms with E-state index in [4.69, 9.17) is 0 Å². The number of anilines is 1. The quantitative estimate of drug-likeness (QED) is 0.621. The summed E-state index contributed by atoms with van der Waals surface area (Å²) in [4.78, 5) is 29.4. The van der Waals surface area contributed by atoms with Crippen molar-refractivity contribution < 1.29 is 4.79 Å². The van der Waals surface area contributed by atoms with Crippen LogP contribution in [0.2, 0.25) is 0 Å². The Morgan fingerprint density at radius 1 is 1.00 bits per heavy atom. The minimum absolute atomic E-state index is 0.140. The molecule has 0 fully saturated rings. The maximum Gasteiger partial charge on any atom is 0.281 e. The second kappa shape index (κ2) is 6.33. The molecule has 26 heavy (non-hydrogen) atoms. The largest absolute Gasteiger partial charge is 0.340 e. The van der Waals surface area contributed by atoms with E-state index >= 15 is 0 Å². The molecular formula is C20H16N4O2. The number of nitrogens with one attached hydrogen (secondary N) is 1.